The van der Waals surface area contributed by atoms with Gasteiger partial charge in [-0.05, 0) is 42.8 Å². The van der Waals surface area contributed by atoms with Crippen LogP contribution in [0.4, 0.5) is 0 Å². The molecule has 0 amide bonds. The second-order valence-electron chi connectivity index (χ2n) is 4.93. The van der Waals surface area contributed by atoms with E-state index >= 15 is 0 Å². The van der Waals surface area contributed by atoms with Gasteiger partial charge in [-0.3, -0.25) is 0 Å². The van der Waals surface area contributed by atoms with Crippen molar-refractivity contribution in [1.82, 2.24) is 0 Å². The van der Waals surface area contributed by atoms with E-state index in [0.717, 1.165) is 17.1 Å². The van der Waals surface area contributed by atoms with Crippen LogP contribution < -0.4 is 4.74 Å². The maximum atomic E-state index is 11.0. The van der Waals surface area contributed by atoms with Gasteiger partial charge in [0.25, 0.3) is 0 Å². The highest BCUT2D eigenvalue weighted by atomic mass is 16.7. The van der Waals surface area contributed by atoms with Crippen LogP contribution in [0, 0.1) is 0 Å². The molecule has 4 nitrogen and oxygen atoms in total. The first-order chi connectivity index (χ1) is 10.7. The zero-order valence-corrected chi connectivity index (χ0v) is 12.1. The van der Waals surface area contributed by atoms with E-state index in [0.29, 0.717) is 0 Å². The lowest BCUT2D eigenvalue weighted by Gasteiger charge is -2.18. The smallest absolute Gasteiger partial charge is 0.333 e. The third-order valence-electron chi connectivity index (χ3n) is 3.27. The molecular formula is C18H16O4. The summed E-state index contributed by atoms with van der Waals surface area (Å²) < 4.78 is 16.5. The molecule has 3 rings (SSSR count). The van der Waals surface area contributed by atoms with Gasteiger partial charge in [0.2, 0.25) is 6.29 Å². The molecule has 22 heavy (non-hydrogen) atoms. The Morgan fingerprint density at radius 1 is 1.05 bits per heavy atom. The molecule has 1 aliphatic heterocycles. The first kappa shape index (κ1) is 14.4. The minimum absolute atomic E-state index is 0.222. The van der Waals surface area contributed by atoms with Crippen molar-refractivity contribution in [2.45, 2.75) is 19.3 Å². The van der Waals surface area contributed by atoms with Crippen LogP contribution >= 0.6 is 0 Å². The molecule has 112 valence electrons. The van der Waals surface area contributed by atoms with Crippen molar-refractivity contribution >= 4 is 5.97 Å². The summed E-state index contributed by atoms with van der Waals surface area (Å²) in [5.41, 5.74) is 0.949. The number of benzene rings is 2. The Morgan fingerprint density at radius 2 is 1.82 bits per heavy atom. The number of carbonyl (C=O) groups is 1. The molecular weight excluding hydrogens is 280 g/mol. The maximum absolute atomic E-state index is 11.0. The van der Waals surface area contributed by atoms with Gasteiger partial charge in [-0.15, -0.1) is 0 Å². The minimum atomic E-state index is -0.624. The lowest BCUT2D eigenvalue weighted by molar-refractivity contribution is -0.165. The number of para-hydroxylation sites is 1. The van der Waals surface area contributed by atoms with Gasteiger partial charge in [-0.1, -0.05) is 30.3 Å². The van der Waals surface area contributed by atoms with Gasteiger partial charge >= 0.3 is 5.97 Å². The van der Waals surface area contributed by atoms with Crippen LogP contribution in [0.15, 0.2) is 66.7 Å². The topological polar surface area (TPSA) is 44.8 Å². The van der Waals surface area contributed by atoms with Crippen molar-refractivity contribution in [2.75, 3.05) is 0 Å². The molecule has 0 N–H and O–H groups in total. The molecule has 0 saturated heterocycles. The van der Waals surface area contributed by atoms with Gasteiger partial charge in [0.15, 0.2) is 0 Å². The number of hydrogen-bond donors (Lipinski definition) is 0. The van der Waals surface area contributed by atoms with E-state index in [4.69, 9.17) is 14.2 Å². The first-order valence-corrected chi connectivity index (χ1v) is 7.08. The summed E-state index contributed by atoms with van der Waals surface area (Å²) in [5.74, 6) is 1.14. The Hall–Kier alpha value is -2.59. The predicted octanol–water partition coefficient (Wildman–Crippen LogP) is 4.00. The zero-order chi connectivity index (χ0) is 15.4. The number of hydrogen-bond acceptors (Lipinski definition) is 4. The normalized spacial score (nSPS) is 18.0. The van der Waals surface area contributed by atoms with E-state index in [1.54, 1.807) is 6.08 Å². The Kier molecular flexibility index (Phi) is 4.21. The van der Waals surface area contributed by atoms with Crippen molar-refractivity contribution in [2.24, 2.45) is 0 Å². The van der Waals surface area contributed by atoms with Crippen molar-refractivity contribution < 1.29 is 19.0 Å². The molecule has 0 saturated carbocycles. The molecule has 2 aromatic rings. The summed E-state index contributed by atoms with van der Waals surface area (Å²) in [4.78, 5) is 11.0. The summed E-state index contributed by atoms with van der Waals surface area (Å²) in [5, 5.41) is 0. The average Bonchev–Trinajstić information content (AvgIpc) is 2.93. The van der Waals surface area contributed by atoms with Crippen LogP contribution in [0.2, 0.25) is 0 Å². The van der Waals surface area contributed by atoms with E-state index in [1.165, 1.54) is 6.08 Å². The molecule has 2 atom stereocenters. The average molecular weight is 296 g/mol. The van der Waals surface area contributed by atoms with Crippen LogP contribution in [0.3, 0.4) is 0 Å². The summed E-state index contributed by atoms with van der Waals surface area (Å²) in [6, 6.07) is 17.2. The van der Waals surface area contributed by atoms with Gasteiger partial charge < -0.3 is 14.2 Å². The number of esters is 1. The van der Waals surface area contributed by atoms with Crippen LogP contribution in [-0.4, -0.2) is 12.3 Å². The largest absolute Gasteiger partial charge is 0.457 e. The van der Waals surface area contributed by atoms with Crippen LogP contribution in [0.1, 0.15) is 18.6 Å². The van der Waals surface area contributed by atoms with Gasteiger partial charge in [0, 0.05) is 6.08 Å². The van der Waals surface area contributed by atoms with Crippen molar-refractivity contribution in [1.29, 1.82) is 0 Å². The monoisotopic (exact) mass is 296 g/mol. The van der Waals surface area contributed by atoms with Crippen molar-refractivity contribution in [3.05, 3.63) is 72.3 Å². The van der Waals surface area contributed by atoms with Crippen molar-refractivity contribution in [3.63, 3.8) is 0 Å². The third kappa shape index (κ3) is 3.54. The fourth-order valence-corrected chi connectivity index (χ4v) is 2.16. The Bertz CT molecular complexity index is 678. The van der Waals surface area contributed by atoms with E-state index in [2.05, 4.69) is 0 Å². The lowest BCUT2D eigenvalue weighted by Crippen LogP contribution is -2.14. The molecule has 4 heteroatoms. The fourth-order valence-electron chi connectivity index (χ4n) is 2.16. The summed E-state index contributed by atoms with van der Waals surface area (Å²) in [6.07, 6.45) is 2.12. The Balaban J connectivity index is 1.68. The molecule has 2 aromatic carbocycles. The van der Waals surface area contributed by atoms with E-state index in [9.17, 15) is 4.79 Å². The van der Waals surface area contributed by atoms with Crippen LogP contribution in [0.5, 0.6) is 11.5 Å². The standard InChI is InChI=1S/C18H16O4/c1-13(20-18-11-10-17(19)22-18)14-6-5-9-16(12-14)21-15-7-3-2-4-8-15/h2-13,18H,1H3/t13?,18-/m1/s1. The Morgan fingerprint density at radius 3 is 2.55 bits per heavy atom. The number of cyclic esters (lactones) is 1. The first-order valence-electron chi connectivity index (χ1n) is 7.08. The highest BCUT2D eigenvalue weighted by Gasteiger charge is 2.20. The lowest BCUT2D eigenvalue weighted by atomic mass is 10.1. The van der Waals surface area contributed by atoms with Gasteiger partial charge in [0.1, 0.15) is 11.5 Å². The van der Waals surface area contributed by atoms with E-state index < -0.39 is 6.29 Å². The van der Waals surface area contributed by atoms with Crippen molar-refractivity contribution in [3.8, 4) is 11.5 Å². The summed E-state index contributed by atoms with van der Waals surface area (Å²) in [6.45, 7) is 1.90. The van der Waals surface area contributed by atoms with E-state index in [1.807, 2.05) is 61.5 Å². The third-order valence-corrected chi connectivity index (χ3v) is 3.27. The molecule has 0 radical (unpaired) electrons. The van der Waals surface area contributed by atoms with Gasteiger partial charge in [-0.2, -0.15) is 0 Å². The second kappa shape index (κ2) is 6.45. The van der Waals surface area contributed by atoms with E-state index in [-0.39, 0.29) is 12.1 Å². The molecule has 0 aromatic heterocycles. The predicted molar refractivity (Wildman–Crippen MR) is 81.5 cm³/mol. The van der Waals surface area contributed by atoms with Crippen LogP contribution in [0.25, 0.3) is 0 Å². The molecule has 1 heterocycles. The maximum Gasteiger partial charge on any atom is 0.333 e. The minimum Gasteiger partial charge on any atom is -0.457 e. The quantitative estimate of drug-likeness (QED) is 0.782. The summed E-state index contributed by atoms with van der Waals surface area (Å²) in [7, 11) is 0. The number of ether oxygens (including phenoxy) is 3. The molecule has 0 fully saturated rings. The van der Waals surface area contributed by atoms with Gasteiger partial charge in [-0.25, -0.2) is 4.79 Å². The molecule has 1 aliphatic rings. The SMILES string of the molecule is CC(O[C@H]1C=CC(=O)O1)c1cccc(Oc2ccccc2)c1. The molecule has 0 bridgehead atoms. The van der Waals surface area contributed by atoms with Gasteiger partial charge in [0.05, 0.1) is 6.10 Å². The highest BCUT2D eigenvalue weighted by molar-refractivity contribution is 5.84. The zero-order valence-electron chi connectivity index (χ0n) is 12.1. The number of carbonyl (C=O) groups excluding carboxylic acids is 1. The summed E-state index contributed by atoms with van der Waals surface area (Å²) >= 11 is 0. The number of rotatable bonds is 5. The highest BCUT2D eigenvalue weighted by Crippen LogP contribution is 2.27. The van der Waals surface area contributed by atoms with Crippen LogP contribution in [-0.2, 0) is 14.3 Å². The molecule has 1 unspecified atom stereocenters. The fraction of sp³-hybridized carbons (Fsp3) is 0.167. The molecule has 0 spiro atoms. The second-order valence-corrected chi connectivity index (χ2v) is 4.93. The molecule has 0 aliphatic carbocycles. The Labute approximate surface area is 128 Å².